The number of hydrogen-bond donors (Lipinski definition) is 1. The highest BCUT2D eigenvalue weighted by Gasteiger charge is 2.18. The van der Waals surface area contributed by atoms with Crippen molar-refractivity contribution in [2.45, 2.75) is 17.7 Å². The maximum atomic E-state index is 13.1. The lowest BCUT2D eigenvalue weighted by Gasteiger charge is -2.13. The molecule has 0 unspecified atom stereocenters. The number of rotatable bonds is 7. The maximum absolute atomic E-state index is 13.1. The average molecular weight is 414 g/mol. The van der Waals surface area contributed by atoms with E-state index in [-0.39, 0.29) is 16.1 Å². The van der Waals surface area contributed by atoms with Crippen LogP contribution in [-0.2, 0) is 16.4 Å². The minimum absolute atomic E-state index is 0.147. The largest absolute Gasteiger partial charge is 0.330 e. The molecule has 0 bridgehead atoms. The normalized spacial score (nSPS) is 11.7. The van der Waals surface area contributed by atoms with Crippen molar-refractivity contribution >= 4 is 10.0 Å². The van der Waals surface area contributed by atoms with Crippen LogP contribution in [0.15, 0.2) is 58.9 Å². The molecule has 0 aliphatic heterocycles. The smallest absolute Gasteiger partial charge is 0.281 e. The third-order valence-corrected chi connectivity index (χ3v) is 6.15. The van der Waals surface area contributed by atoms with Gasteiger partial charge in [-0.15, -0.1) is 0 Å². The lowest BCUT2D eigenvalue weighted by molar-refractivity contribution is 0.520. The molecule has 0 aliphatic rings. The summed E-state index contributed by atoms with van der Waals surface area (Å²) in [5.74, 6) is 0. The third-order valence-electron chi connectivity index (χ3n) is 4.32. The number of nitrogens with two attached hydrogens (primary N) is 1. The van der Waals surface area contributed by atoms with Crippen LogP contribution in [0.5, 0.6) is 0 Å². The van der Waals surface area contributed by atoms with E-state index in [0.717, 1.165) is 10.7 Å². The van der Waals surface area contributed by atoms with Crippen molar-refractivity contribution in [2.24, 2.45) is 5.73 Å². The van der Waals surface area contributed by atoms with Gasteiger partial charge in [0.05, 0.1) is 10.6 Å². The highest BCUT2D eigenvalue weighted by molar-refractivity contribution is 7.89. The summed E-state index contributed by atoms with van der Waals surface area (Å²) in [5.41, 5.74) is 7.22. The van der Waals surface area contributed by atoms with Crippen LogP contribution in [0.3, 0.4) is 0 Å². The summed E-state index contributed by atoms with van der Waals surface area (Å²) in [5, 5.41) is 0. The fraction of sp³-hybridized carbons (Fsp3) is 0.263. The highest BCUT2D eigenvalue weighted by Crippen LogP contribution is 2.18. The summed E-state index contributed by atoms with van der Waals surface area (Å²) < 4.78 is 27.1. The Bertz CT molecular complexity index is 1140. The van der Waals surface area contributed by atoms with Crippen molar-refractivity contribution in [3.05, 3.63) is 65.2 Å². The number of hydrogen-bond acceptors (Lipinski definition) is 7. The molecule has 0 radical (unpaired) electrons. The summed E-state index contributed by atoms with van der Waals surface area (Å²) in [6.45, 7) is 0.502. The second kappa shape index (κ2) is 8.60. The Morgan fingerprint density at radius 2 is 1.76 bits per heavy atom. The minimum atomic E-state index is -3.55. The van der Waals surface area contributed by atoms with Gasteiger partial charge < -0.3 is 5.73 Å². The van der Waals surface area contributed by atoms with Gasteiger partial charge in [-0.3, -0.25) is 9.36 Å². The molecule has 2 heterocycles. The van der Waals surface area contributed by atoms with Crippen LogP contribution >= 0.6 is 0 Å². The molecular formula is C19H22N6O3S. The van der Waals surface area contributed by atoms with Crippen LogP contribution in [0, 0.1) is 0 Å². The summed E-state index contributed by atoms with van der Waals surface area (Å²) in [4.78, 5) is 25.6. The standard InChI is InChI=1S/C19H22N6O3S/c1-24(2)29(27,28)17-7-5-16(6-8-17)25-12-15(4-3-9-20)23-18(19(25)26)14-10-21-13-22-11-14/h5-8,10-13H,3-4,9,20H2,1-2H3. The van der Waals surface area contributed by atoms with Crippen LogP contribution < -0.4 is 11.3 Å². The Kier molecular flexibility index (Phi) is 6.16. The number of benzene rings is 1. The van der Waals surface area contributed by atoms with Crippen LogP contribution in [0.4, 0.5) is 0 Å². The maximum Gasteiger partial charge on any atom is 0.281 e. The monoisotopic (exact) mass is 414 g/mol. The number of nitrogens with zero attached hydrogens (tertiary/aromatic N) is 5. The van der Waals surface area contributed by atoms with Gasteiger partial charge in [0.25, 0.3) is 5.56 Å². The molecule has 3 rings (SSSR count). The molecular weight excluding hydrogens is 392 g/mol. The quantitative estimate of drug-likeness (QED) is 0.607. The molecule has 2 N–H and O–H groups in total. The topological polar surface area (TPSA) is 124 Å². The first-order chi connectivity index (χ1) is 13.8. The molecule has 3 aromatic rings. The first kappa shape index (κ1) is 20.8. The van der Waals surface area contributed by atoms with Crippen LogP contribution in [-0.4, -0.2) is 52.9 Å². The first-order valence-corrected chi connectivity index (χ1v) is 10.4. The van der Waals surface area contributed by atoms with Gasteiger partial charge in [-0.1, -0.05) is 0 Å². The van der Waals surface area contributed by atoms with E-state index in [1.165, 1.54) is 49.5 Å². The molecule has 1 aromatic carbocycles. The van der Waals surface area contributed by atoms with E-state index in [2.05, 4.69) is 15.0 Å². The zero-order chi connectivity index (χ0) is 21.0. The van der Waals surface area contributed by atoms with Crippen molar-refractivity contribution < 1.29 is 8.42 Å². The van der Waals surface area contributed by atoms with Crippen molar-refractivity contribution in [1.82, 2.24) is 23.8 Å². The molecule has 0 aliphatic carbocycles. The van der Waals surface area contributed by atoms with Crippen molar-refractivity contribution in [2.75, 3.05) is 20.6 Å². The second-order valence-electron chi connectivity index (χ2n) is 6.56. The van der Waals surface area contributed by atoms with E-state index in [1.807, 2.05) is 0 Å². The predicted molar refractivity (Wildman–Crippen MR) is 109 cm³/mol. The van der Waals surface area contributed by atoms with Crippen LogP contribution in [0.2, 0.25) is 0 Å². The highest BCUT2D eigenvalue weighted by atomic mass is 32.2. The average Bonchev–Trinajstić information content (AvgIpc) is 2.73. The zero-order valence-corrected chi connectivity index (χ0v) is 17.0. The van der Waals surface area contributed by atoms with Gasteiger partial charge in [0.1, 0.15) is 12.0 Å². The molecule has 0 saturated heterocycles. The van der Waals surface area contributed by atoms with Crippen molar-refractivity contribution in [1.29, 1.82) is 0 Å². The third kappa shape index (κ3) is 4.39. The Balaban J connectivity index is 2.12. The van der Waals surface area contributed by atoms with Gasteiger partial charge in [0.2, 0.25) is 10.0 Å². The molecule has 0 fully saturated rings. The fourth-order valence-corrected chi connectivity index (χ4v) is 3.64. The Morgan fingerprint density at radius 1 is 1.10 bits per heavy atom. The molecule has 2 aromatic heterocycles. The SMILES string of the molecule is CN(C)S(=O)(=O)c1ccc(-n2cc(CCCN)nc(-c3cncnc3)c2=O)cc1. The lowest BCUT2D eigenvalue weighted by atomic mass is 10.2. The molecule has 0 atom stereocenters. The van der Waals surface area contributed by atoms with E-state index in [1.54, 1.807) is 18.3 Å². The molecule has 0 amide bonds. The Labute approximate surface area is 168 Å². The van der Waals surface area contributed by atoms with Gasteiger partial charge >= 0.3 is 0 Å². The summed E-state index contributed by atoms with van der Waals surface area (Å²) in [6, 6.07) is 6.14. The number of sulfonamides is 1. The van der Waals surface area contributed by atoms with E-state index in [9.17, 15) is 13.2 Å². The van der Waals surface area contributed by atoms with E-state index in [0.29, 0.717) is 29.9 Å². The molecule has 0 saturated carbocycles. The Hall–Kier alpha value is -2.95. The first-order valence-electron chi connectivity index (χ1n) is 8.95. The zero-order valence-electron chi connectivity index (χ0n) is 16.2. The molecule has 0 spiro atoms. The fourth-order valence-electron chi connectivity index (χ4n) is 2.74. The van der Waals surface area contributed by atoms with E-state index in [4.69, 9.17) is 5.73 Å². The van der Waals surface area contributed by atoms with Crippen molar-refractivity contribution in [3.8, 4) is 16.9 Å². The predicted octanol–water partition coefficient (Wildman–Crippen LogP) is 0.831. The molecule has 9 nitrogen and oxygen atoms in total. The summed E-state index contributed by atoms with van der Waals surface area (Å²) in [7, 11) is -0.620. The molecule has 29 heavy (non-hydrogen) atoms. The van der Waals surface area contributed by atoms with Gasteiger partial charge in [0, 0.05) is 43.9 Å². The molecule has 152 valence electrons. The van der Waals surface area contributed by atoms with Gasteiger partial charge in [0.15, 0.2) is 0 Å². The number of aryl methyl sites for hydroxylation is 1. The summed E-state index contributed by atoms with van der Waals surface area (Å²) >= 11 is 0. The van der Waals surface area contributed by atoms with Gasteiger partial charge in [-0.25, -0.2) is 27.7 Å². The molecule has 10 heteroatoms. The van der Waals surface area contributed by atoms with Gasteiger partial charge in [-0.05, 0) is 43.7 Å². The van der Waals surface area contributed by atoms with Gasteiger partial charge in [-0.2, -0.15) is 0 Å². The van der Waals surface area contributed by atoms with E-state index < -0.39 is 10.0 Å². The Morgan fingerprint density at radius 3 is 2.34 bits per heavy atom. The number of aromatic nitrogens is 4. The van der Waals surface area contributed by atoms with Crippen LogP contribution in [0.25, 0.3) is 16.9 Å². The van der Waals surface area contributed by atoms with Crippen molar-refractivity contribution in [3.63, 3.8) is 0 Å². The van der Waals surface area contributed by atoms with E-state index >= 15 is 0 Å². The van der Waals surface area contributed by atoms with Crippen LogP contribution in [0.1, 0.15) is 12.1 Å². The minimum Gasteiger partial charge on any atom is -0.330 e. The summed E-state index contributed by atoms with van der Waals surface area (Å²) in [6.07, 6.45) is 7.41. The lowest BCUT2D eigenvalue weighted by Crippen LogP contribution is -2.24. The second-order valence-corrected chi connectivity index (χ2v) is 8.71.